The highest BCUT2D eigenvalue weighted by molar-refractivity contribution is 5.95. The van der Waals surface area contributed by atoms with Crippen LogP contribution in [0.15, 0.2) is 0 Å². The molecule has 0 aromatic heterocycles. The predicted octanol–water partition coefficient (Wildman–Crippen LogP) is 1.55. The lowest BCUT2D eigenvalue weighted by Gasteiger charge is -2.29. The van der Waals surface area contributed by atoms with Gasteiger partial charge >= 0.3 is 12.1 Å². The average Bonchev–Trinajstić information content (AvgIpc) is 3.61. The van der Waals surface area contributed by atoms with Gasteiger partial charge in [-0.15, -0.1) is 0 Å². The van der Waals surface area contributed by atoms with E-state index in [4.69, 9.17) is 4.74 Å². The van der Waals surface area contributed by atoms with Crippen LogP contribution in [-0.4, -0.2) is 75.4 Å². The first-order valence-electron chi connectivity index (χ1n) is 13.3. The van der Waals surface area contributed by atoms with Crippen LogP contribution in [0.5, 0.6) is 0 Å². The van der Waals surface area contributed by atoms with Gasteiger partial charge in [-0.2, -0.15) is 0 Å². The number of rotatable bonds is 3. The second-order valence-electron chi connectivity index (χ2n) is 11.4. The van der Waals surface area contributed by atoms with Crippen LogP contribution in [-0.2, 0) is 19.1 Å². The van der Waals surface area contributed by atoms with E-state index in [1.165, 1.54) is 11.3 Å². The summed E-state index contributed by atoms with van der Waals surface area (Å²) < 4.78 is 5.59. The van der Waals surface area contributed by atoms with E-state index in [0.29, 0.717) is 24.7 Å². The maximum Gasteiger partial charge on any atom is 0.408 e. The third-order valence-corrected chi connectivity index (χ3v) is 8.81. The van der Waals surface area contributed by atoms with E-state index >= 15 is 0 Å². The lowest BCUT2D eigenvalue weighted by Crippen LogP contribution is -2.56. The largest absolute Gasteiger partial charge is 0.479 e. The highest BCUT2D eigenvalue weighted by Gasteiger charge is 2.62. The van der Waals surface area contributed by atoms with Crippen LogP contribution >= 0.6 is 0 Å². The van der Waals surface area contributed by atoms with Crippen molar-refractivity contribution in [2.24, 2.45) is 17.8 Å². The third-order valence-electron chi connectivity index (χ3n) is 8.81. The van der Waals surface area contributed by atoms with Crippen molar-refractivity contribution >= 4 is 23.9 Å². The lowest BCUT2D eigenvalue weighted by molar-refractivity contribution is -0.146. The van der Waals surface area contributed by atoms with Gasteiger partial charge in [-0.1, -0.05) is 32.1 Å². The second-order valence-corrected chi connectivity index (χ2v) is 11.4. The predicted molar refractivity (Wildman–Crippen MR) is 123 cm³/mol. The van der Waals surface area contributed by atoms with Gasteiger partial charge in [0.15, 0.2) is 0 Å². The summed E-state index contributed by atoms with van der Waals surface area (Å²) in [6, 6.07) is -1.83. The van der Waals surface area contributed by atoms with Crippen molar-refractivity contribution < 1.29 is 34.1 Å². The van der Waals surface area contributed by atoms with Gasteiger partial charge in [-0.25, -0.2) is 9.59 Å². The zero-order valence-electron chi connectivity index (χ0n) is 20.1. The maximum atomic E-state index is 13.5. The van der Waals surface area contributed by atoms with Crippen LogP contribution in [0.25, 0.3) is 0 Å². The summed E-state index contributed by atoms with van der Waals surface area (Å²) in [6.07, 6.45) is 7.39. The van der Waals surface area contributed by atoms with E-state index < -0.39 is 47.6 Å². The number of nitrogens with one attached hydrogen (secondary N) is 2. The standard InChI is InChI=1S/C25H37N3O7/c29-17-11-20-21(30)27-25(23(32)33)12-16(25)6-4-2-1-3-5-7-19(22(31)28(20)13-17)26-24(34)35-18-9-14-8-15(14)10-18/h14-20,29H,1-13H2,(H,26,34)(H,27,30)(H,32,33)/t14-,15+,16-,17-,18?,19+,20+,25-/m1/s1. The molecule has 35 heavy (non-hydrogen) atoms. The van der Waals surface area contributed by atoms with Gasteiger partial charge in [-0.05, 0) is 56.3 Å². The summed E-state index contributed by atoms with van der Waals surface area (Å²) in [5, 5.41) is 25.6. The average molecular weight is 492 g/mol. The lowest BCUT2D eigenvalue weighted by atomic mass is 10.0. The Morgan fingerprint density at radius 2 is 1.69 bits per heavy atom. The number of carboxylic acids is 1. The van der Waals surface area contributed by atoms with E-state index in [-0.39, 0.29) is 25.0 Å². The third kappa shape index (κ3) is 5.13. The van der Waals surface area contributed by atoms with E-state index in [2.05, 4.69) is 10.6 Å². The number of alkyl carbamates (subject to hydrolysis) is 1. The maximum absolute atomic E-state index is 13.5. The van der Waals surface area contributed by atoms with Crippen LogP contribution in [0, 0.1) is 17.8 Å². The number of aliphatic hydroxyl groups excluding tert-OH is 1. The van der Waals surface area contributed by atoms with Crippen molar-refractivity contribution in [1.29, 1.82) is 0 Å². The van der Waals surface area contributed by atoms with Crippen LogP contribution < -0.4 is 10.6 Å². The number of hydrogen-bond acceptors (Lipinski definition) is 6. The Hall–Kier alpha value is -2.36. The molecule has 3 amide bonds. The zero-order valence-corrected chi connectivity index (χ0v) is 20.1. The van der Waals surface area contributed by atoms with Crippen molar-refractivity contribution in [3.05, 3.63) is 0 Å². The number of carbonyl (C=O) groups is 4. The fourth-order valence-corrected chi connectivity index (χ4v) is 6.57. The summed E-state index contributed by atoms with van der Waals surface area (Å²) in [6.45, 7) is -0.0281. The van der Waals surface area contributed by atoms with Gasteiger partial charge in [0, 0.05) is 13.0 Å². The van der Waals surface area contributed by atoms with Crippen molar-refractivity contribution in [3.8, 4) is 0 Å². The minimum Gasteiger partial charge on any atom is -0.479 e. The monoisotopic (exact) mass is 491 g/mol. The molecule has 4 N–H and O–H groups in total. The van der Waals surface area contributed by atoms with Crippen LogP contribution in [0.3, 0.4) is 0 Å². The number of hydrogen-bond donors (Lipinski definition) is 4. The number of aliphatic carboxylic acids is 1. The molecule has 1 unspecified atom stereocenters. The number of aliphatic hydroxyl groups is 1. The molecule has 0 spiro atoms. The highest BCUT2D eigenvalue weighted by Crippen LogP contribution is 2.52. The van der Waals surface area contributed by atoms with E-state index in [1.807, 2.05) is 0 Å². The Balaban J connectivity index is 1.29. The Kier molecular flexibility index (Phi) is 6.67. The Labute approximate surface area is 205 Å². The van der Waals surface area contributed by atoms with Gasteiger partial charge in [0.25, 0.3) is 0 Å². The SMILES string of the molecule is O=C(N[C@H]1CCCCCCC[C@@H]2C[C@@]2(C(=O)O)NC(=O)[C@@H]2C[C@@H](O)CN2C1=O)OC1C[C@@H]2C[C@@H]2C1. The summed E-state index contributed by atoms with van der Waals surface area (Å²) in [5.74, 6) is -0.823. The zero-order chi connectivity index (χ0) is 24.7. The molecule has 5 aliphatic rings. The molecule has 3 aliphatic carbocycles. The Bertz CT molecular complexity index is 871. The minimum atomic E-state index is -1.29. The van der Waals surface area contributed by atoms with Gasteiger partial charge in [0.05, 0.1) is 6.10 Å². The van der Waals surface area contributed by atoms with Crippen molar-refractivity contribution in [3.63, 3.8) is 0 Å². The molecule has 10 heteroatoms. The van der Waals surface area contributed by atoms with Gasteiger partial charge in [0.2, 0.25) is 11.8 Å². The van der Waals surface area contributed by atoms with E-state index in [9.17, 15) is 29.4 Å². The number of carboxylic acid groups (broad SMARTS) is 1. The molecule has 194 valence electrons. The molecule has 2 heterocycles. The molecule has 0 bridgehead atoms. The molecule has 0 aromatic carbocycles. The van der Waals surface area contributed by atoms with Crippen LogP contribution in [0.2, 0.25) is 0 Å². The van der Waals surface area contributed by atoms with E-state index in [1.54, 1.807) is 0 Å². The first kappa shape index (κ1) is 24.3. The minimum absolute atomic E-state index is 0.0281. The van der Waals surface area contributed by atoms with E-state index in [0.717, 1.165) is 51.4 Å². The van der Waals surface area contributed by atoms with Gasteiger partial charge < -0.3 is 30.5 Å². The number of fused-ring (bicyclic) bond motifs is 3. The topological polar surface area (TPSA) is 145 Å². The van der Waals surface area contributed by atoms with Crippen LogP contribution in [0.4, 0.5) is 4.79 Å². The molecule has 5 rings (SSSR count). The van der Waals surface area contributed by atoms with Crippen LogP contribution in [0.1, 0.15) is 77.0 Å². The Morgan fingerprint density at radius 3 is 2.40 bits per heavy atom. The first-order chi connectivity index (χ1) is 16.8. The summed E-state index contributed by atoms with van der Waals surface area (Å²) in [4.78, 5) is 52.7. The molecule has 2 aliphatic heterocycles. The van der Waals surface area contributed by atoms with Gasteiger partial charge in [0.1, 0.15) is 23.7 Å². The fraction of sp³-hybridized carbons (Fsp3) is 0.840. The smallest absolute Gasteiger partial charge is 0.408 e. The highest BCUT2D eigenvalue weighted by atomic mass is 16.6. The quantitative estimate of drug-likeness (QED) is 0.469. The van der Waals surface area contributed by atoms with Crippen molar-refractivity contribution in [2.75, 3.05) is 6.54 Å². The molecule has 0 aromatic rings. The number of amides is 3. The fourth-order valence-electron chi connectivity index (χ4n) is 6.57. The molecule has 5 fully saturated rings. The van der Waals surface area contributed by atoms with Gasteiger partial charge in [-0.3, -0.25) is 9.59 Å². The normalized spacial score (nSPS) is 41.4. The summed E-state index contributed by atoms with van der Waals surface area (Å²) in [5.41, 5.74) is -1.29. The number of carbonyl (C=O) groups excluding carboxylic acids is 3. The molecular formula is C25H37N3O7. The summed E-state index contributed by atoms with van der Waals surface area (Å²) >= 11 is 0. The molecule has 2 saturated heterocycles. The molecule has 0 radical (unpaired) electrons. The summed E-state index contributed by atoms with van der Waals surface area (Å²) in [7, 11) is 0. The first-order valence-corrected chi connectivity index (χ1v) is 13.3. The molecule has 8 atom stereocenters. The molecular weight excluding hydrogens is 454 g/mol. The Morgan fingerprint density at radius 1 is 1.00 bits per heavy atom. The molecule has 3 saturated carbocycles. The number of ether oxygens (including phenoxy) is 1. The second kappa shape index (κ2) is 9.59. The molecule has 10 nitrogen and oxygen atoms in total. The van der Waals surface area contributed by atoms with Crippen molar-refractivity contribution in [2.45, 2.75) is 107 Å². The number of nitrogens with zero attached hydrogens (tertiary/aromatic N) is 1. The van der Waals surface area contributed by atoms with Crippen molar-refractivity contribution in [1.82, 2.24) is 15.5 Å².